The average Bonchev–Trinajstić information content (AvgIpc) is 3.85. The topological polar surface area (TPSA) is 126 Å². The molecule has 3 unspecified atom stereocenters. The molecule has 0 radical (unpaired) electrons. The van der Waals surface area contributed by atoms with Crippen molar-refractivity contribution >= 4 is 61.5 Å². The number of amides is 2. The monoisotopic (exact) mass is 786 g/mol. The number of likely N-dealkylation sites (N-methyl/N-ethyl adjacent to an activating group) is 1. The molecule has 3 fully saturated rings. The van der Waals surface area contributed by atoms with Gasteiger partial charge in [0.05, 0.1) is 28.0 Å². The number of ether oxygens (including phenoxy) is 2. The highest BCUT2D eigenvalue weighted by molar-refractivity contribution is 7.22. The minimum Gasteiger partial charge on any atom is -0.462 e. The van der Waals surface area contributed by atoms with Crippen molar-refractivity contribution in [3.8, 4) is 17.1 Å². The molecule has 56 heavy (non-hydrogen) atoms. The third-order valence-electron chi connectivity index (χ3n) is 10.4. The van der Waals surface area contributed by atoms with Gasteiger partial charge in [-0.1, -0.05) is 23.5 Å². The number of anilines is 2. The Kier molecular flexibility index (Phi) is 10.0. The van der Waals surface area contributed by atoms with Crippen LogP contribution in [0.15, 0.2) is 54.5 Å². The first-order valence-corrected chi connectivity index (χ1v) is 19.4. The lowest BCUT2D eigenvalue weighted by Gasteiger charge is -2.41. The highest BCUT2D eigenvalue weighted by Gasteiger charge is 2.44. The summed E-state index contributed by atoms with van der Waals surface area (Å²) in [5, 5.41) is 3.07. The van der Waals surface area contributed by atoms with Gasteiger partial charge in [-0.2, -0.15) is 9.97 Å². The Morgan fingerprint density at radius 3 is 2.45 bits per heavy atom. The molecule has 292 valence electrons. The van der Waals surface area contributed by atoms with E-state index in [-0.39, 0.29) is 50.6 Å². The Hall–Kier alpha value is -5.35. The summed E-state index contributed by atoms with van der Waals surface area (Å²) in [6, 6.07) is 10.6. The highest BCUT2D eigenvalue weighted by atomic mass is 32.1. The van der Waals surface area contributed by atoms with Crippen LogP contribution < -0.4 is 15.0 Å². The number of halogens is 3. The van der Waals surface area contributed by atoms with Crippen molar-refractivity contribution in [2.75, 3.05) is 43.5 Å². The maximum absolute atomic E-state index is 17.0. The third kappa shape index (κ3) is 7.46. The molecular weight excluding hydrogens is 746 g/mol. The van der Waals surface area contributed by atoms with Gasteiger partial charge < -0.3 is 24.2 Å². The van der Waals surface area contributed by atoms with Crippen LogP contribution in [-0.4, -0.2) is 98.8 Å². The second-order valence-corrected chi connectivity index (χ2v) is 16.4. The Morgan fingerprint density at radius 1 is 0.982 bits per heavy atom. The smallest absolute Gasteiger partial charge is 0.413 e. The normalized spacial score (nSPS) is 20.3. The molecule has 3 aliphatic rings. The third-order valence-corrected chi connectivity index (χ3v) is 11.4. The first-order chi connectivity index (χ1) is 26.8. The summed E-state index contributed by atoms with van der Waals surface area (Å²) >= 11 is 0.914. The number of nitrogens with one attached hydrogen (secondary N) is 1. The lowest BCUT2D eigenvalue weighted by molar-refractivity contribution is -0.131. The molecule has 0 saturated carbocycles. The number of nitrogens with zero attached hydrogens (tertiary/aromatic N) is 7. The summed E-state index contributed by atoms with van der Waals surface area (Å²) in [5.41, 5.74) is 0.169. The number of carbonyl (C=O) groups is 2. The number of thiazole rings is 1. The minimum atomic E-state index is -0.883. The fourth-order valence-electron chi connectivity index (χ4n) is 7.82. The number of benzene rings is 2. The summed E-state index contributed by atoms with van der Waals surface area (Å²) in [6.07, 6.45) is 5.25. The lowest BCUT2D eigenvalue weighted by Crippen LogP contribution is -2.56. The number of fused-ring (bicyclic) bond motifs is 4. The fourth-order valence-corrected chi connectivity index (χ4v) is 8.70. The van der Waals surface area contributed by atoms with Crippen LogP contribution in [-0.2, 0) is 9.53 Å². The van der Waals surface area contributed by atoms with Crippen LogP contribution in [0.25, 0.3) is 38.3 Å². The maximum Gasteiger partial charge on any atom is 0.413 e. The number of pyridine rings is 1. The van der Waals surface area contributed by atoms with E-state index in [1.54, 1.807) is 56.0 Å². The van der Waals surface area contributed by atoms with E-state index >= 15 is 13.2 Å². The van der Waals surface area contributed by atoms with Gasteiger partial charge in [0.1, 0.15) is 29.4 Å². The lowest BCUT2D eigenvalue weighted by atomic mass is 10.0. The zero-order valence-electron chi connectivity index (χ0n) is 31.4. The molecule has 2 aromatic carbocycles. The summed E-state index contributed by atoms with van der Waals surface area (Å²) in [7, 11) is 2.03. The Labute approximate surface area is 325 Å². The van der Waals surface area contributed by atoms with E-state index < -0.39 is 35.1 Å². The second-order valence-electron chi connectivity index (χ2n) is 15.4. The SMILES string of the molecule is CN1CCCC1COc1nc(N2CC3CCC(C2)N3C(=O)/C(F)=C/c2ccccn2)c2ccc(-c3ccc(F)c4sc(NC(=O)OC(C)(C)C)nc34)c(F)c2n1. The van der Waals surface area contributed by atoms with Gasteiger partial charge in [0.2, 0.25) is 0 Å². The summed E-state index contributed by atoms with van der Waals surface area (Å²) in [6.45, 7) is 7.09. The molecule has 2 bridgehead atoms. The number of likely N-dealkylation sites (tertiary alicyclic amines) is 1. The van der Waals surface area contributed by atoms with E-state index in [1.807, 2.05) is 11.9 Å². The molecule has 3 atom stereocenters. The maximum atomic E-state index is 17.0. The van der Waals surface area contributed by atoms with Crippen LogP contribution in [0.2, 0.25) is 0 Å². The molecule has 0 aliphatic carbocycles. The van der Waals surface area contributed by atoms with Gasteiger partial charge in [0.25, 0.3) is 5.91 Å². The Morgan fingerprint density at radius 2 is 1.75 bits per heavy atom. The van der Waals surface area contributed by atoms with Gasteiger partial charge in [-0.3, -0.25) is 15.1 Å². The van der Waals surface area contributed by atoms with E-state index in [9.17, 15) is 9.59 Å². The van der Waals surface area contributed by atoms with E-state index in [0.717, 1.165) is 36.8 Å². The zero-order chi connectivity index (χ0) is 39.3. The molecule has 0 spiro atoms. The number of hydrogen-bond donors (Lipinski definition) is 1. The van der Waals surface area contributed by atoms with Gasteiger partial charge in [-0.15, -0.1) is 0 Å². The largest absolute Gasteiger partial charge is 0.462 e. The van der Waals surface area contributed by atoms with Crippen molar-refractivity contribution in [1.82, 2.24) is 29.7 Å². The molecular formula is C40H41F3N8O4S. The average molecular weight is 787 g/mol. The number of aromatic nitrogens is 4. The van der Waals surface area contributed by atoms with Gasteiger partial charge in [-0.05, 0) is 90.4 Å². The summed E-state index contributed by atoms with van der Waals surface area (Å²) in [5.74, 6) is -2.39. The number of carbonyl (C=O) groups excluding carboxylic acids is 2. The molecule has 3 aliphatic heterocycles. The molecule has 6 heterocycles. The van der Waals surface area contributed by atoms with Crippen molar-refractivity contribution in [3.05, 3.63) is 71.8 Å². The molecule has 8 rings (SSSR count). The van der Waals surface area contributed by atoms with Crippen LogP contribution in [0.4, 0.5) is 28.9 Å². The van der Waals surface area contributed by atoms with Gasteiger partial charge >= 0.3 is 12.1 Å². The highest BCUT2D eigenvalue weighted by Crippen LogP contribution is 2.41. The van der Waals surface area contributed by atoms with Crippen molar-refractivity contribution in [2.45, 2.75) is 70.2 Å². The van der Waals surface area contributed by atoms with Crippen LogP contribution in [0.3, 0.4) is 0 Å². The molecule has 3 saturated heterocycles. The van der Waals surface area contributed by atoms with Crippen LogP contribution in [0.1, 0.15) is 52.1 Å². The first-order valence-electron chi connectivity index (χ1n) is 18.6. The fraction of sp³-hybridized carbons (Fsp3) is 0.400. The van der Waals surface area contributed by atoms with Crippen LogP contribution in [0, 0.1) is 11.6 Å². The van der Waals surface area contributed by atoms with Gasteiger partial charge in [0.15, 0.2) is 16.8 Å². The van der Waals surface area contributed by atoms with Gasteiger partial charge in [0, 0.05) is 47.9 Å². The van der Waals surface area contributed by atoms with E-state index in [4.69, 9.17) is 14.5 Å². The molecule has 3 aromatic heterocycles. The van der Waals surface area contributed by atoms with Crippen molar-refractivity contribution in [1.29, 1.82) is 0 Å². The molecule has 5 aromatic rings. The van der Waals surface area contributed by atoms with Crippen molar-refractivity contribution in [2.24, 2.45) is 0 Å². The Balaban J connectivity index is 1.15. The summed E-state index contributed by atoms with van der Waals surface area (Å²) in [4.78, 5) is 49.7. The van der Waals surface area contributed by atoms with E-state index in [1.165, 1.54) is 18.3 Å². The van der Waals surface area contributed by atoms with Crippen molar-refractivity contribution in [3.63, 3.8) is 0 Å². The Bertz CT molecular complexity index is 2340. The predicted octanol–water partition coefficient (Wildman–Crippen LogP) is 7.59. The first kappa shape index (κ1) is 37.6. The van der Waals surface area contributed by atoms with Crippen LogP contribution in [0.5, 0.6) is 6.01 Å². The van der Waals surface area contributed by atoms with Gasteiger partial charge in [-0.25, -0.2) is 22.9 Å². The zero-order valence-corrected chi connectivity index (χ0v) is 32.2. The molecule has 2 amide bonds. The number of piperazine rings is 1. The van der Waals surface area contributed by atoms with E-state index in [0.29, 0.717) is 55.0 Å². The van der Waals surface area contributed by atoms with E-state index in [2.05, 4.69) is 25.2 Å². The second kappa shape index (κ2) is 15.0. The quantitative estimate of drug-likeness (QED) is 0.157. The van der Waals surface area contributed by atoms with Crippen molar-refractivity contribution < 1.29 is 32.2 Å². The molecule has 12 nitrogen and oxygen atoms in total. The standard InChI is InChI=1S/C40H41F3N8O4S/c1-40(2,3)55-39(53)48-38-46-33-27(14-15-29(41)34(33)56-38)26-12-13-28-32(31(26)43)45-37(54-21-25-9-7-17-49(25)4)47-35(28)50-19-23-10-11-24(20-50)51(23)36(52)30(42)18-22-8-5-6-16-44-22/h5-6,8,12-16,18,23-25H,7,9-11,17,19-21H2,1-4H3,(H,46,48,53)/b30-18-. The number of hydrogen-bond acceptors (Lipinski definition) is 11. The number of rotatable bonds is 8. The molecule has 1 N–H and O–H groups in total. The molecule has 16 heteroatoms. The summed E-state index contributed by atoms with van der Waals surface area (Å²) < 4.78 is 59.1. The van der Waals surface area contributed by atoms with Crippen LogP contribution >= 0.6 is 11.3 Å². The minimum absolute atomic E-state index is 0.000741. The predicted molar refractivity (Wildman–Crippen MR) is 208 cm³/mol.